The van der Waals surface area contributed by atoms with E-state index in [1.165, 1.54) is 11.8 Å². The molecule has 3 aromatic rings. The van der Waals surface area contributed by atoms with Crippen molar-refractivity contribution in [3.63, 3.8) is 0 Å². The van der Waals surface area contributed by atoms with E-state index < -0.39 is 0 Å². The third-order valence-corrected chi connectivity index (χ3v) is 5.22. The Bertz CT molecular complexity index is 997. The molecule has 4 rings (SSSR count). The van der Waals surface area contributed by atoms with E-state index in [0.29, 0.717) is 44.2 Å². The van der Waals surface area contributed by atoms with Crippen molar-refractivity contribution in [2.24, 2.45) is 0 Å². The summed E-state index contributed by atoms with van der Waals surface area (Å²) in [5.41, 5.74) is 1.40. The zero-order chi connectivity index (χ0) is 20.2. The summed E-state index contributed by atoms with van der Waals surface area (Å²) in [5.74, 6) is 1.53. The second-order valence-corrected chi connectivity index (χ2v) is 7.15. The zero-order valence-electron chi connectivity index (χ0n) is 16.2. The van der Waals surface area contributed by atoms with Gasteiger partial charge >= 0.3 is 0 Å². The summed E-state index contributed by atoms with van der Waals surface area (Å²) in [4.78, 5) is 20.8. The highest BCUT2D eigenvalue weighted by atomic mass is 16.4. The van der Waals surface area contributed by atoms with E-state index in [-0.39, 0.29) is 23.4 Å². The minimum atomic E-state index is 0.148. The fourth-order valence-corrected chi connectivity index (χ4v) is 3.55. The largest absolute Gasteiger partial charge is 0.459 e. The van der Waals surface area contributed by atoms with E-state index in [9.17, 15) is 10.1 Å². The van der Waals surface area contributed by atoms with Crippen LogP contribution in [0.25, 0.3) is 11.7 Å². The van der Waals surface area contributed by atoms with E-state index in [2.05, 4.69) is 30.1 Å². The van der Waals surface area contributed by atoms with E-state index >= 15 is 0 Å². The van der Waals surface area contributed by atoms with Crippen LogP contribution in [0, 0.1) is 11.3 Å². The van der Waals surface area contributed by atoms with Gasteiger partial charge in [0.15, 0.2) is 5.76 Å². The Balaban J connectivity index is 1.38. The van der Waals surface area contributed by atoms with Crippen LogP contribution in [0.5, 0.6) is 0 Å². The molecular formula is C22H22N4O3. The molecule has 7 heteroatoms. The van der Waals surface area contributed by atoms with Crippen LogP contribution in [-0.2, 0) is 4.79 Å². The summed E-state index contributed by atoms with van der Waals surface area (Å²) < 4.78 is 11.1. The van der Waals surface area contributed by atoms with Crippen molar-refractivity contribution in [1.82, 2.24) is 9.88 Å². The zero-order valence-corrected chi connectivity index (χ0v) is 16.2. The lowest BCUT2D eigenvalue weighted by atomic mass is 9.97. The maximum absolute atomic E-state index is 12.7. The van der Waals surface area contributed by atoms with Crippen molar-refractivity contribution in [2.45, 2.75) is 19.3 Å². The number of furan rings is 1. The van der Waals surface area contributed by atoms with Gasteiger partial charge in [0, 0.05) is 32.6 Å². The van der Waals surface area contributed by atoms with Crippen LogP contribution in [0.15, 0.2) is 57.6 Å². The fraction of sp³-hybridized carbons (Fsp3) is 0.318. The summed E-state index contributed by atoms with van der Waals surface area (Å²) >= 11 is 0. The SMILES string of the molecule is CC(CC(=O)N1CCN(c2oc(-c3ccco3)nc2C#N)CC1)c1ccccc1. The first kappa shape index (κ1) is 18.8. The molecule has 0 radical (unpaired) electrons. The van der Waals surface area contributed by atoms with E-state index in [1.54, 1.807) is 12.1 Å². The molecule has 0 spiro atoms. The van der Waals surface area contributed by atoms with Gasteiger partial charge in [0.2, 0.25) is 17.5 Å². The maximum atomic E-state index is 12.7. The van der Waals surface area contributed by atoms with Gasteiger partial charge in [-0.05, 0) is 23.6 Å². The molecule has 1 amide bonds. The van der Waals surface area contributed by atoms with Gasteiger partial charge in [-0.15, -0.1) is 0 Å². The monoisotopic (exact) mass is 390 g/mol. The van der Waals surface area contributed by atoms with Crippen LogP contribution in [-0.4, -0.2) is 42.0 Å². The Kier molecular flexibility index (Phi) is 5.34. The summed E-state index contributed by atoms with van der Waals surface area (Å²) in [6.07, 6.45) is 2.02. The molecule has 0 bridgehead atoms. The molecule has 0 aliphatic carbocycles. The topological polar surface area (TPSA) is 86.5 Å². The number of nitrogens with zero attached hydrogens (tertiary/aromatic N) is 4. The maximum Gasteiger partial charge on any atom is 0.266 e. The van der Waals surface area contributed by atoms with Crippen molar-refractivity contribution in [3.05, 3.63) is 60.0 Å². The predicted octanol–water partition coefficient (Wildman–Crippen LogP) is 3.65. The summed E-state index contributed by atoms with van der Waals surface area (Å²) in [5, 5.41) is 9.41. The van der Waals surface area contributed by atoms with Gasteiger partial charge < -0.3 is 18.6 Å². The Morgan fingerprint density at radius 1 is 1.17 bits per heavy atom. The van der Waals surface area contributed by atoms with Crippen LogP contribution in [0.3, 0.4) is 0 Å². The highest BCUT2D eigenvalue weighted by Crippen LogP contribution is 2.29. The number of aromatic nitrogens is 1. The van der Waals surface area contributed by atoms with E-state index in [0.717, 1.165) is 0 Å². The van der Waals surface area contributed by atoms with E-state index in [4.69, 9.17) is 8.83 Å². The van der Waals surface area contributed by atoms with Crippen molar-refractivity contribution in [3.8, 4) is 17.7 Å². The third-order valence-electron chi connectivity index (χ3n) is 5.22. The van der Waals surface area contributed by atoms with Gasteiger partial charge in [-0.2, -0.15) is 10.2 Å². The average molecular weight is 390 g/mol. The number of oxazole rings is 1. The van der Waals surface area contributed by atoms with Crippen LogP contribution >= 0.6 is 0 Å². The molecule has 148 valence electrons. The molecule has 3 heterocycles. The molecular weight excluding hydrogens is 368 g/mol. The standard InChI is InChI=1S/C22H22N4O3/c1-16(17-6-3-2-4-7-17)14-20(27)25-9-11-26(12-10-25)22-18(15-23)24-21(29-22)19-8-5-13-28-19/h2-8,13,16H,9-12,14H2,1H3. The quantitative estimate of drug-likeness (QED) is 0.661. The molecule has 1 aliphatic rings. The normalized spacial score (nSPS) is 15.2. The number of amides is 1. The Morgan fingerprint density at radius 2 is 1.93 bits per heavy atom. The van der Waals surface area contributed by atoms with Crippen LogP contribution in [0.1, 0.15) is 30.5 Å². The summed E-state index contributed by atoms with van der Waals surface area (Å²) in [6.45, 7) is 4.43. The molecule has 2 aromatic heterocycles. The number of rotatable bonds is 5. The first-order valence-corrected chi connectivity index (χ1v) is 9.68. The second kappa shape index (κ2) is 8.23. The van der Waals surface area contributed by atoms with E-state index in [1.807, 2.05) is 28.0 Å². The number of carbonyl (C=O) groups excluding carboxylic acids is 1. The van der Waals surface area contributed by atoms with Crippen molar-refractivity contribution < 1.29 is 13.6 Å². The van der Waals surface area contributed by atoms with Gasteiger partial charge in [-0.25, -0.2) is 0 Å². The smallest absolute Gasteiger partial charge is 0.266 e. The first-order chi connectivity index (χ1) is 14.2. The predicted molar refractivity (Wildman–Crippen MR) is 107 cm³/mol. The first-order valence-electron chi connectivity index (χ1n) is 9.68. The molecule has 0 N–H and O–H groups in total. The second-order valence-electron chi connectivity index (χ2n) is 7.15. The molecule has 29 heavy (non-hydrogen) atoms. The number of benzene rings is 1. The van der Waals surface area contributed by atoms with Crippen LogP contribution in [0.2, 0.25) is 0 Å². The average Bonchev–Trinajstić information content (AvgIpc) is 3.44. The third kappa shape index (κ3) is 4.02. The minimum absolute atomic E-state index is 0.148. The number of anilines is 1. The number of nitriles is 1. The molecule has 1 atom stereocenters. The Morgan fingerprint density at radius 3 is 2.59 bits per heavy atom. The Labute approximate surface area is 169 Å². The number of hydrogen-bond acceptors (Lipinski definition) is 6. The lowest BCUT2D eigenvalue weighted by Gasteiger charge is -2.35. The highest BCUT2D eigenvalue weighted by Gasteiger charge is 2.27. The lowest BCUT2D eigenvalue weighted by Crippen LogP contribution is -2.49. The van der Waals surface area contributed by atoms with Crippen LogP contribution < -0.4 is 4.90 Å². The van der Waals surface area contributed by atoms with Gasteiger partial charge in [0.1, 0.15) is 6.07 Å². The van der Waals surface area contributed by atoms with Crippen molar-refractivity contribution >= 4 is 11.8 Å². The van der Waals surface area contributed by atoms with Gasteiger partial charge in [0.05, 0.1) is 6.26 Å². The van der Waals surface area contributed by atoms with Gasteiger partial charge in [0.25, 0.3) is 5.89 Å². The highest BCUT2D eigenvalue weighted by molar-refractivity contribution is 5.77. The van der Waals surface area contributed by atoms with Crippen LogP contribution in [0.4, 0.5) is 5.88 Å². The molecule has 1 unspecified atom stereocenters. The number of piperazine rings is 1. The van der Waals surface area contributed by atoms with Crippen molar-refractivity contribution in [1.29, 1.82) is 5.26 Å². The molecule has 1 saturated heterocycles. The molecule has 1 aromatic carbocycles. The fourth-order valence-electron chi connectivity index (χ4n) is 3.55. The van der Waals surface area contributed by atoms with Gasteiger partial charge in [-0.1, -0.05) is 37.3 Å². The van der Waals surface area contributed by atoms with Crippen molar-refractivity contribution in [2.75, 3.05) is 31.1 Å². The number of carbonyl (C=O) groups is 1. The molecule has 1 aliphatic heterocycles. The molecule has 0 saturated carbocycles. The Hall–Kier alpha value is -3.53. The molecule has 1 fully saturated rings. The van der Waals surface area contributed by atoms with Gasteiger partial charge in [-0.3, -0.25) is 4.79 Å². The summed E-state index contributed by atoms with van der Waals surface area (Å²) in [7, 11) is 0. The molecule has 7 nitrogen and oxygen atoms in total. The lowest BCUT2D eigenvalue weighted by molar-refractivity contribution is -0.131. The number of hydrogen-bond donors (Lipinski definition) is 0. The summed E-state index contributed by atoms with van der Waals surface area (Å²) in [6, 6.07) is 15.6. The minimum Gasteiger partial charge on any atom is -0.459 e.